The fourth-order valence-electron chi connectivity index (χ4n) is 2.12. The lowest BCUT2D eigenvalue weighted by Crippen LogP contribution is -2.19. The molecule has 0 radical (unpaired) electrons. The Kier molecular flexibility index (Phi) is 7.48. The Labute approximate surface area is 116 Å². The van der Waals surface area contributed by atoms with Gasteiger partial charge in [0.1, 0.15) is 5.75 Å². The molecule has 0 spiro atoms. The second kappa shape index (κ2) is 8.91. The van der Waals surface area contributed by atoms with E-state index >= 15 is 0 Å². The monoisotopic (exact) mass is 266 g/mol. The fraction of sp³-hybridized carbons (Fsp3) is 0.600. The lowest BCUT2D eigenvalue weighted by Gasteiger charge is -2.19. The third-order valence-electron chi connectivity index (χ3n) is 3.22. The molecule has 0 aromatic heterocycles. The molecule has 0 fully saturated rings. The molecule has 0 atom stereocenters. The van der Waals surface area contributed by atoms with Crippen LogP contribution in [0.3, 0.4) is 0 Å². The van der Waals surface area contributed by atoms with Crippen molar-refractivity contribution in [2.75, 3.05) is 27.3 Å². The zero-order chi connectivity index (χ0) is 14.1. The lowest BCUT2D eigenvalue weighted by molar-refractivity contribution is 0.270. The minimum Gasteiger partial charge on any atom is -0.496 e. The van der Waals surface area contributed by atoms with E-state index in [9.17, 15) is 0 Å². The predicted molar refractivity (Wildman–Crippen MR) is 78.2 cm³/mol. The van der Waals surface area contributed by atoms with Gasteiger partial charge in [-0.05, 0) is 50.6 Å². The number of hydrogen-bond donors (Lipinski definition) is 2. The standard InChI is InChI=1S/C15H26N2O2/c1-17(8-4-3-5-9-18)12-14-10-13(11-16)6-7-15(14)19-2/h6-7,10,18H,3-5,8-9,11-12,16H2,1-2H3. The molecule has 4 heteroatoms. The second-order valence-electron chi connectivity index (χ2n) is 4.87. The Hall–Kier alpha value is -1.10. The topological polar surface area (TPSA) is 58.7 Å². The van der Waals surface area contributed by atoms with E-state index in [4.69, 9.17) is 15.6 Å². The van der Waals surface area contributed by atoms with Crippen LogP contribution in [-0.4, -0.2) is 37.3 Å². The van der Waals surface area contributed by atoms with Gasteiger partial charge >= 0.3 is 0 Å². The van der Waals surface area contributed by atoms with Crippen LogP contribution in [0.1, 0.15) is 30.4 Å². The first-order valence-corrected chi connectivity index (χ1v) is 6.86. The van der Waals surface area contributed by atoms with E-state index in [0.717, 1.165) is 43.7 Å². The van der Waals surface area contributed by atoms with Crippen molar-refractivity contribution in [3.05, 3.63) is 29.3 Å². The van der Waals surface area contributed by atoms with E-state index < -0.39 is 0 Å². The van der Waals surface area contributed by atoms with Gasteiger partial charge in [0.15, 0.2) is 0 Å². The van der Waals surface area contributed by atoms with Crippen LogP contribution in [0.4, 0.5) is 0 Å². The van der Waals surface area contributed by atoms with Crippen LogP contribution >= 0.6 is 0 Å². The second-order valence-corrected chi connectivity index (χ2v) is 4.87. The van der Waals surface area contributed by atoms with E-state index in [0.29, 0.717) is 6.54 Å². The summed E-state index contributed by atoms with van der Waals surface area (Å²) >= 11 is 0. The molecular weight excluding hydrogens is 240 g/mol. The highest BCUT2D eigenvalue weighted by molar-refractivity contribution is 5.37. The van der Waals surface area contributed by atoms with Crippen molar-refractivity contribution in [2.45, 2.75) is 32.4 Å². The maximum Gasteiger partial charge on any atom is 0.123 e. The summed E-state index contributed by atoms with van der Waals surface area (Å²) in [5, 5.41) is 8.75. The normalized spacial score (nSPS) is 11.0. The van der Waals surface area contributed by atoms with Gasteiger partial charge in [-0.3, -0.25) is 0 Å². The summed E-state index contributed by atoms with van der Waals surface area (Å²) in [6.07, 6.45) is 3.07. The summed E-state index contributed by atoms with van der Waals surface area (Å²) < 4.78 is 5.39. The first-order valence-electron chi connectivity index (χ1n) is 6.86. The zero-order valence-corrected chi connectivity index (χ0v) is 12.1. The van der Waals surface area contributed by atoms with E-state index in [1.165, 1.54) is 5.56 Å². The van der Waals surface area contributed by atoms with E-state index in [1.807, 2.05) is 12.1 Å². The average Bonchev–Trinajstić information content (AvgIpc) is 2.43. The summed E-state index contributed by atoms with van der Waals surface area (Å²) in [4.78, 5) is 2.27. The van der Waals surface area contributed by atoms with Crippen molar-refractivity contribution >= 4 is 0 Å². The molecule has 0 heterocycles. The van der Waals surface area contributed by atoms with Gasteiger partial charge in [0, 0.05) is 25.3 Å². The number of nitrogens with two attached hydrogens (primary N) is 1. The highest BCUT2D eigenvalue weighted by Gasteiger charge is 2.07. The molecule has 0 unspecified atom stereocenters. The van der Waals surface area contributed by atoms with Gasteiger partial charge in [-0.15, -0.1) is 0 Å². The van der Waals surface area contributed by atoms with Gasteiger partial charge in [0.05, 0.1) is 7.11 Å². The molecule has 0 amide bonds. The van der Waals surface area contributed by atoms with Crippen LogP contribution in [-0.2, 0) is 13.1 Å². The van der Waals surface area contributed by atoms with Crippen LogP contribution < -0.4 is 10.5 Å². The summed E-state index contributed by atoms with van der Waals surface area (Å²) in [6.45, 7) is 2.72. The number of ether oxygens (including phenoxy) is 1. The number of rotatable bonds is 9. The predicted octanol–water partition coefficient (Wildman–Crippen LogP) is 1.75. The molecule has 3 N–H and O–H groups in total. The van der Waals surface area contributed by atoms with Crippen molar-refractivity contribution in [2.24, 2.45) is 5.73 Å². The highest BCUT2D eigenvalue weighted by atomic mass is 16.5. The molecule has 0 bridgehead atoms. The molecule has 0 aliphatic carbocycles. The Morgan fingerprint density at radius 3 is 2.68 bits per heavy atom. The third-order valence-corrected chi connectivity index (χ3v) is 3.22. The van der Waals surface area contributed by atoms with Crippen LogP contribution in [0.2, 0.25) is 0 Å². The molecule has 0 saturated heterocycles. The number of benzene rings is 1. The molecule has 0 saturated carbocycles. The van der Waals surface area contributed by atoms with E-state index in [-0.39, 0.29) is 6.61 Å². The SMILES string of the molecule is COc1ccc(CN)cc1CN(C)CCCCCO. The summed E-state index contributed by atoms with van der Waals surface area (Å²) in [5.41, 5.74) is 7.98. The zero-order valence-electron chi connectivity index (χ0n) is 12.1. The molecule has 1 aromatic rings. The lowest BCUT2D eigenvalue weighted by atomic mass is 10.1. The highest BCUT2D eigenvalue weighted by Crippen LogP contribution is 2.21. The molecule has 19 heavy (non-hydrogen) atoms. The third kappa shape index (κ3) is 5.59. The molecule has 1 aromatic carbocycles. The number of unbranched alkanes of at least 4 members (excludes halogenated alkanes) is 2. The molecule has 1 rings (SSSR count). The smallest absolute Gasteiger partial charge is 0.123 e. The maximum absolute atomic E-state index is 8.75. The molecule has 4 nitrogen and oxygen atoms in total. The van der Waals surface area contributed by atoms with Crippen LogP contribution in [0.5, 0.6) is 5.75 Å². The first kappa shape index (κ1) is 16.0. The first-order chi connectivity index (χ1) is 9.21. The van der Waals surface area contributed by atoms with Gasteiger partial charge in [0.25, 0.3) is 0 Å². The average molecular weight is 266 g/mol. The maximum atomic E-state index is 8.75. The number of nitrogens with zero attached hydrogens (tertiary/aromatic N) is 1. The van der Waals surface area contributed by atoms with Gasteiger partial charge in [-0.2, -0.15) is 0 Å². The summed E-state index contributed by atoms with van der Waals surface area (Å²) in [6, 6.07) is 6.10. The quantitative estimate of drug-likeness (QED) is 0.669. The molecule has 108 valence electrons. The minimum absolute atomic E-state index is 0.288. The van der Waals surface area contributed by atoms with Crippen molar-refractivity contribution in [3.8, 4) is 5.75 Å². The van der Waals surface area contributed by atoms with Crippen molar-refractivity contribution in [3.63, 3.8) is 0 Å². The molecule has 0 aliphatic heterocycles. The number of aliphatic hydroxyl groups is 1. The van der Waals surface area contributed by atoms with Gasteiger partial charge in [0.2, 0.25) is 0 Å². The van der Waals surface area contributed by atoms with Crippen molar-refractivity contribution in [1.82, 2.24) is 4.90 Å². The van der Waals surface area contributed by atoms with Crippen molar-refractivity contribution < 1.29 is 9.84 Å². The summed E-state index contributed by atoms with van der Waals surface area (Å²) in [5.74, 6) is 0.916. The Morgan fingerprint density at radius 1 is 1.26 bits per heavy atom. The van der Waals surface area contributed by atoms with Gasteiger partial charge in [-0.25, -0.2) is 0 Å². The largest absolute Gasteiger partial charge is 0.496 e. The fourth-order valence-corrected chi connectivity index (χ4v) is 2.12. The number of aliphatic hydroxyl groups excluding tert-OH is 1. The van der Waals surface area contributed by atoms with Gasteiger partial charge < -0.3 is 20.5 Å². The van der Waals surface area contributed by atoms with E-state index in [2.05, 4.69) is 18.0 Å². The summed E-state index contributed by atoms with van der Waals surface area (Å²) in [7, 11) is 3.80. The number of hydrogen-bond acceptors (Lipinski definition) is 4. The Morgan fingerprint density at radius 2 is 2.05 bits per heavy atom. The van der Waals surface area contributed by atoms with Gasteiger partial charge in [-0.1, -0.05) is 6.07 Å². The van der Waals surface area contributed by atoms with E-state index in [1.54, 1.807) is 7.11 Å². The molecule has 0 aliphatic rings. The van der Waals surface area contributed by atoms with Crippen LogP contribution in [0, 0.1) is 0 Å². The number of methoxy groups -OCH3 is 1. The Balaban J connectivity index is 2.54. The molecular formula is C15H26N2O2. The van der Waals surface area contributed by atoms with Crippen molar-refractivity contribution in [1.29, 1.82) is 0 Å². The Bertz CT molecular complexity index is 369. The van der Waals surface area contributed by atoms with Crippen LogP contribution in [0.15, 0.2) is 18.2 Å². The van der Waals surface area contributed by atoms with Crippen LogP contribution in [0.25, 0.3) is 0 Å². The minimum atomic E-state index is 0.288.